The molecule has 3 heterocycles. The molecule has 1 aliphatic heterocycles. The molecule has 1 aliphatic rings. The maximum Gasteiger partial charge on any atom is 0.224 e. The van der Waals surface area contributed by atoms with Gasteiger partial charge in [0.2, 0.25) is 5.91 Å². The Morgan fingerprint density at radius 2 is 2.15 bits per heavy atom. The van der Waals surface area contributed by atoms with Crippen molar-refractivity contribution in [3.63, 3.8) is 0 Å². The fourth-order valence-corrected chi connectivity index (χ4v) is 3.54. The fraction of sp³-hybridized carbons (Fsp3) is 0.471. The number of fused-ring (bicyclic) bond motifs is 1. The van der Waals surface area contributed by atoms with Crippen LogP contribution in [-0.4, -0.2) is 44.8 Å². The summed E-state index contributed by atoms with van der Waals surface area (Å²) in [6.07, 6.45) is 1.45. The van der Waals surface area contributed by atoms with Gasteiger partial charge in [-0.05, 0) is 44.9 Å². The van der Waals surface area contributed by atoms with Crippen LogP contribution in [0.5, 0.6) is 0 Å². The molecule has 0 spiro atoms. The SMILES string of the molecule is CC(C)(NC(=O)C1CCN(c2noc3ccc(Cl)cc23)CC1)c1nn[nH]n1. The summed E-state index contributed by atoms with van der Waals surface area (Å²) in [6, 6.07) is 5.45. The summed E-state index contributed by atoms with van der Waals surface area (Å²) in [7, 11) is 0. The number of aromatic amines is 1. The summed E-state index contributed by atoms with van der Waals surface area (Å²) >= 11 is 6.10. The number of tetrazole rings is 1. The van der Waals surface area contributed by atoms with Crippen molar-refractivity contribution in [1.82, 2.24) is 31.1 Å². The topological polar surface area (TPSA) is 113 Å². The van der Waals surface area contributed by atoms with Crippen LogP contribution in [0.2, 0.25) is 5.02 Å². The molecular formula is C17H20ClN7O2. The number of carbonyl (C=O) groups is 1. The summed E-state index contributed by atoms with van der Waals surface area (Å²) in [5, 5.41) is 22.7. The predicted molar refractivity (Wildman–Crippen MR) is 99.3 cm³/mol. The zero-order valence-electron chi connectivity index (χ0n) is 15.1. The van der Waals surface area contributed by atoms with Crippen LogP contribution >= 0.6 is 11.6 Å². The Labute approximate surface area is 160 Å². The van der Waals surface area contributed by atoms with Crippen molar-refractivity contribution >= 4 is 34.3 Å². The minimum absolute atomic E-state index is 0.00231. The number of rotatable bonds is 4. The number of hydrogen-bond acceptors (Lipinski definition) is 7. The minimum atomic E-state index is -0.680. The molecule has 4 rings (SSSR count). The normalized spacial score (nSPS) is 16.0. The number of nitrogens with one attached hydrogen (secondary N) is 2. The lowest BCUT2D eigenvalue weighted by molar-refractivity contribution is -0.127. The van der Waals surface area contributed by atoms with Crippen LogP contribution in [0.25, 0.3) is 11.0 Å². The van der Waals surface area contributed by atoms with E-state index in [0.29, 0.717) is 16.4 Å². The van der Waals surface area contributed by atoms with Gasteiger partial charge in [0, 0.05) is 24.0 Å². The van der Waals surface area contributed by atoms with E-state index in [9.17, 15) is 4.79 Å². The van der Waals surface area contributed by atoms with Gasteiger partial charge < -0.3 is 14.7 Å². The first-order valence-corrected chi connectivity index (χ1v) is 9.18. The second-order valence-corrected chi connectivity index (χ2v) is 7.69. The molecule has 142 valence electrons. The first kappa shape index (κ1) is 17.7. The number of nitrogens with zero attached hydrogens (tertiary/aromatic N) is 5. The molecule has 0 saturated carbocycles. The number of aromatic nitrogens is 5. The largest absolute Gasteiger partial charge is 0.354 e. The van der Waals surface area contributed by atoms with Crippen molar-refractivity contribution in [2.24, 2.45) is 5.92 Å². The fourth-order valence-electron chi connectivity index (χ4n) is 3.37. The predicted octanol–water partition coefficient (Wildman–Crippen LogP) is 2.26. The molecule has 0 unspecified atom stereocenters. The van der Waals surface area contributed by atoms with Crippen LogP contribution in [0.4, 0.5) is 5.82 Å². The van der Waals surface area contributed by atoms with Crippen molar-refractivity contribution < 1.29 is 9.32 Å². The third-order valence-corrected chi connectivity index (χ3v) is 5.15. The summed E-state index contributed by atoms with van der Waals surface area (Å²) in [4.78, 5) is 14.8. The Balaban J connectivity index is 1.41. The molecule has 1 aromatic carbocycles. The number of halogens is 1. The Morgan fingerprint density at radius 1 is 1.37 bits per heavy atom. The summed E-state index contributed by atoms with van der Waals surface area (Å²) in [5.74, 6) is 1.16. The quantitative estimate of drug-likeness (QED) is 0.703. The van der Waals surface area contributed by atoms with Gasteiger partial charge in [-0.25, -0.2) is 0 Å². The molecule has 0 atom stereocenters. The highest BCUT2D eigenvalue weighted by molar-refractivity contribution is 6.31. The van der Waals surface area contributed by atoms with Crippen LogP contribution in [0.3, 0.4) is 0 Å². The van der Waals surface area contributed by atoms with E-state index in [0.717, 1.165) is 37.1 Å². The van der Waals surface area contributed by atoms with E-state index in [-0.39, 0.29) is 11.8 Å². The molecule has 1 saturated heterocycles. The summed E-state index contributed by atoms with van der Waals surface area (Å²) in [5.41, 5.74) is 0.0245. The number of H-pyrrole nitrogens is 1. The van der Waals surface area contributed by atoms with Crippen molar-refractivity contribution in [2.45, 2.75) is 32.2 Å². The number of hydrogen-bond donors (Lipinski definition) is 2. The molecule has 27 heavy (non-hydrogen) atoms. The molecule has 2 aromatic heterocycles. The maximum absolute atomic E-state index is 12.7. The number of piperidine rings is 1. The summed E-state index contributed by atoms with van der Waals surface area (Å²) in [6.45, 7) is 5.15. The highest BCUT2D eigenvalue weighted by Crippen LogP contribution is 2.31. The minimum Gasteiger partial charge on any atom is -0.354 e. The monoisotopic (exact) mass is 389 g/mol. The van der Waals surface area contributed by atoms with E-state index in [4.69, 9.17) is 16.1 Å². The molecule has 0 aliphatic carbocycles. The van der Waals surface area contributed by atoms with E-state index in [1.807, 2.05) is 26.0 Å². The van der Waals surface area contributed by atoms with Gasteiger partial charge >= 0.3 is 0 Å². The standard InChI is InChI=1S/C17H20ClN7O2/c1-17(2,16-20-23-24-21-16)19-15(26)10-5-7-25(8-6-10)14-12-9-11(18)3-4-13(12)27-22-14/h3-4,9-10H,5-8H2,1-2H3,(H,19,26)(H,20,21,23,24). The Hall–Kier alpha value is -2.68. The van der Waals surface area contributed by atoms with Gasteiger partial charge in [0.15, 0.2) is 17.2 Å². The molecule has 0 radical (unpaired) electrons. The average Bonchev–Trinajstić information content (AvgIpc) is 3.31. The van der Waals surface area contributed by atoms with E-state index >= 15 is 0 Å². The molecule has 10 heteroatoms. The molecule has 3 aromatic rings. The van der Waals surface area contributed by atoms with Crippen molar-refractivity contribution in [1.29, 1.82) is 0 Å². The summed E-state index contributed by atoms with van der Waals surface area (Å²) < 4.78 is 5.39. The first-order chi connectivity index (χ1) is 12.9. The van der Waals surface area contributed by atoms with Crippen LogP contribution in [0, 0.1) is 5.92 Å². The van der Waals surface area contributed by atoms with Crippen molar-refractivity contribution in [3.8, 4) is 0 Å². The average molecular weight is 390 g/mol. The zero-order valence-corrected chi connectivity index (χ0v) is 15.8. The lowest BCUT2D eigenvalue weighted by atomic mass is 9.94. The lowest BCUT2D eigenvalue weighted by Crippen LogP contribution is -2.47. The molecular weight excluding hydrogens is 370 g/mol. The maximum atomic E-state index is 12.7. The van der Waals surface area contributed by atoms with Gasteiger partial charge in [-0.1, -0.05) is 22.0 Å². The van der Waals surface area contributed by atoms with E-state index in [1.165, 1.54) is 0 Å². The molecule has 0 bridgehead atoms. The Kier molecular flexibility index (Phi) is 4.47. The van der Waals surface area contributed by atoms with E-state index in [1.54, 1.807) is 6.07 Å². The number of amides is 1. The Morgan fingerprint density at radius 3 is 2.85 bits per heavy atom. The molecule has 9 nitrogen and oxygen atoms in total. The third-order valence-electron chi connectivity index (χ3n) is 4.92. The van der Waals surface area contributed by atoms with E-state index < -0.39 is 5.54 Å². The smallest absolute Gasteiger partial charge is 0.224 e. The van der Waals surface area contributed by atoms with Crippen LogP contribution in [-0.2, 0) is 10.3 Å². The van der Waals surface area contributed by atoms with Gasteiger partial charge in [0.25, 0.3) is 0 Å². The van der Waals surface area contributed by atoms with Gasteiger partial charge in [0.05, 0.1) is 10.9 Å². The number of benzene rings is 1. The second kappa shape index (κ2) is 6.80. The van der Waals surface area contributed by atoms with Crippen LogP contribution in [0.15, 0.2) is 22.7 Å². The lowest BCUT2D eigenvalue weighted by Gasteiger charge is -2.33. The third kappa shape index (κ3) is 3.46. The highest BCUT2D eigenvalue weighted by atomic mass is 35.5. The van der Waals surface area contributed by atoms with Crippen molar-refractivity contribution in [2.75, 3.05) is 18.0 Å². The molecule has 1 amide bonds. The molecule has 1 fully saturated rings. The Bertz CT molecular complexity index is 946. The van der Waals surface area contributed by atoms with Crippen LogP contribution < -0.4 is 10.2 Å². The first-order valence-electron chi connectivity index (χ1n) is 8.80. The number of anilines is 1. The molecule has 2 N–H and O–H groups in total. The van der Waals surface area contributed by atoms with Gasteiger partial charge in [-0.15, -0.1) is 10.2 Å². The van der Waals surface area contributed by atoms with Gasteiger partial charge in [-0.2, -0.15) is 5.21 Å². The van der Waals surface area contributed by atoms with Gasteiger partial charge in [0.1, 0.15) is 0 Å². The van der Waals surface area contributed by atoms with Crippen molar-refractivity contribution in [3.05, 3.63) is 29.0 Å². The van der Waals surface area contributed by atoms with Crippen LogP contribution in [0.1, 0.15) is 32.5 Å². The zero-order chi connectivity index (χ0) is 19.0. The van der Waals surface area contributed by atoms with Gasteiger partial charge in [-0.3, -0.25) is 4.79 Å². The number of carbonyl (C=O) groups excluding carboxylic acids is 1. The highest BCUT2D eigenvalue weighted by Gasteiger charge is 2.33. The second-order valence-electron chi connectivity index (χ2n) is 7.26. The van der Waals surface area contributed by atoms with E-state index in [2.05, 4.69) is 36.0 Å².